The van der Waals surface area contributed by atoms with Crippen molar-refractivity contribution in [1.82, 2.24) is 0 Å². The zero-order valence-corrected chi connectivity index (χ0v) is 6.34. The molecular formula is C7H11F4. The van der Waals surface area contributed by atoms with Gasteiger partial charge in [0.15, 0.2) is 0 Å². The van der Waals surface area contributed by atoms with E-state index in [0.29, 0.717) is 0 Å². The molecule has 0 aromatic carbocycles. The van der Waals surface area contributed by atoms with Crippen molar-refractivity contribution >= 4 is 0 Å². The molecule has 0 nitrogen and oxygen atoms in total. The molecule has 0 unspecified atom stereocenters. The highest BCUT2D eigenvalue weighted by molar-refractivity contribution is 4.76. The summed E-state index contributed by atoms with van der Waals surface area (Å²) in [4.78, 5) is 0. The minimum absolute atomic E-state index is 0.553. The lowest BCUT2D eigenvalue weighted by atomic mass is 10.1. The molecular weight excluding hydrogens is 160 g/mol. The molecule has 0 spiro atoms. The molecule has 0 N–H and O–H groups in total. The molecule has 0 atom stereocenters. The van der Waals surface area contributed by atoms with Gasteiger partial charge in [-0.25, -0.2) is 17.6 Å². The summed E-state index contributed by atoms with van der Waals surface area (Å²) in [5, 5.41) is 0. The van der Waals surface area contributed by atoms with E-state index in [1.54, 1.807) is 0 Å². The molecule has 67 valence electrons. The Kier molecular flexibility index (Phi) is 3.32. The molecule has 0 saturated carbocycles. The predicted octanol–water partition coefficient (Wildman–Crippen LogP) is 3.28. The zero-order chi connectivity index (χ0) is 9.12. The van der Waals surface area contributed by atoms with Gasteiger partial charge < -0.3 is 0 Å². The monoisotopic (exact) mass is 171 g/mol. The van der Waals surface area contributed by atoms with Crippen LogP contribution in [0.25, 0.3) is 0 Å². The molecule has 11 heavy (non-hydrogen) atoms. The fraction of sp³-hybridized carbons (Fsp3) is 0.857. The SMILES string of the molecule is [CH2]CC(F)(F)CC(F)(F)CC. The first-order valence-electron chi connectivity index (χ1n) is 3.38. The summed E-state index contributed by atoms with van der Waals surface area (Å²) < 4.78 is 49.2. The fourth-order valence-electron chi connectivity index (χ4n) is 0.592. The highest BCUT2D eigenvalue weighted by Crippen LogP contribution is 2.34. The van der Waals surface area contributed by atoms with E-state index in [1.165, 1.54) is 6.92 Å². The van der Waals surface area contributed by atoms with Gasteiger partial charge in [-0.2, -0.15) is 0 Å². The van der Waals surface area contributed by atoms with Crippen LogP contribution in [0.1, 0.15) is 26.2 Å². The standard InChI is InChI=1S/C7H11F4/c1-3-6(8,9)5-7(10,11)4-2/h1,3-5H2,2H3. The van der Waals surface area contributed by atoms with E-state index in [2.05, 4.69) is 6.92 Å². The van der Waals surface area contributed by atoms with Crippen molar-refractivity contribution < 1.29 is 17.6 Å². The molecule has 0 aromatic rings. The average molecular weight is 171 g/mol. The summed E-state index contributed by atoms with van der Waals surface area (Å²) in [6, 6.07) is 0. The average Bonchev–Trinajstić information content (AvgIpc) is 1.86. The van der Waals surface area contributed by atoms with E-state index in [-0.39, 0.29) is 0 Å². The van der Waals surface area contributed by atoms with Crippen LogP contribution >= 0.6 is 0 Å². The van der Waals surface area contributed by atoms with Crippen molar-refractivity contribution in [2.75, 3.05) is 0 Å². The van der Waals surface area contributed by atoms with Crippen LogP contribution in [0.2, 0.25) is 0 Å². The maximum Gasteiger partial charge on any atom is 0.253 e. The van der Waals surface area contributed by atoms with Gasteiger partial charge in [-0.3, -0.25) is 0 Å². The molecule has 0 saturated heterocycles. The zero-order valence-electron chi connectivity index (χ0n) is 6.34. The Balaban J connectivity index is 4.02. The van der Waals surface area contributed by atoms with Crippen molar-refractivity contribution in [1.29, 1.82) is 0 Å². The first-order valence-corrected chi connectivity index (χ1v) is 3.38. The number of hydrogen-bond acceptors (Lipinski definition) is 0. The van der Waals surface area contributed by atoms with Crippen molar-refractivity contribution in [2.24, 2.45) is 0 Å². The summed E-state index contributed by atoms with van der Waals surface area (Å²) in [5.74, 6) is -6.60. The topological polar surface area (TPSA) is 0 Å². The lowest BCUT2D eigenvalue weighted by Crippen LogP contribution is -2.27. The van der Waals surface area contributed by atoms with Crippen molar-refractivity contribution in [3.8, 4) is 0 Å². The Labute approximate surface area is 63.6 Å². The third kappa shape index (κ3) is 4.22. The Bertz CT molecular complexity index is 106. The van der Waals surface area contributed by atoms with Gasteiger partial charge in [-0.15, -0.1) is 0 Å². The molecule has 0 heterocycles. The van der Waals surface area contributed by atoms with E-state index in [1.807, 2.05) is 0 Å². The van der Waals surface area contributed by atoms with Crippen LogP contribution in [0.3, 0.4) is 0 Å². The lowest BCUT2D eigenvalue weighted by Gasteiger charge is -2.20. The molecule has 0 aliphatic heterocycles. The van der Waals surface area contributed by atoms with Gasteiger partial charge in [0.2, 0.25) is 0 Å². The van der Waals surface area contributed by atoms with Crippen LogP contribution in [-0.4, -0.2) is 11.8 Å². The molecule has 0 rings (SSSR count). The van der Waals surface area contributed by atoms with Crippen LogP contribution in [-0.2, 0) is 0 Å². The van der Waals surface area contributed by atoms with Crippen molar-refractivity contribution in [3.05, 3.63) is 6.92 Å². The maximum absolute atomic E-state index is 12.3. The molecule has 0 aliphatic rings. The summed E-state index contributed by atoms with van der Waals surface area (Å²) in [6.45, 7) is 4.07. The number of hydrogen-bond donors (Lipinski definition) is 0. The van der Waals surface area contributed by atoms with Crippen LogP contribution in [0.5, 0.6) is 0 Å². The van der Waals surface area contributed by atoms with Gasteiger partial charge in [0.25, 0.3) is 11.8 Å². The molecule has 0 amide bonds. The minimum atomic E-state index is -3.33. The normalized spacial score (nSPS) is 13.6. The van der Waals surface area contributed by atoms with E-state index in [4.69, 9.17) is 0 Å². The highest BCUT2D eigenvalue weighted by atomic mass is 19.3. The van der Waals surface area contributed by atoms with Gasteiger partial charge >= 0.3 is 0 Å². The second-order valence-electron chi connectivity index (χ2n) is 2.49. The van der Waals surface area contributed by atoms with Gasteiger partial charge in [0, 0.05) is 12.8 Å². The Morgan fingerprint density at radius 3 is 1.82 bits per heavy atom. The van der Waals surface area contributed by atoms with E-state index in [0.717, 1.165) is 0 Å². The summed E-state index contributed by atoms with van der Waals surface area (Å²) in [6.07, 6.45) is -2.72. The van der Waals surface area contributed by atoms with Crippen LogP contribution in [0.15, 0.2) is 0 Å². The Morgan fingerprint density at radius 2 is 1.55 bits per heavy atom. The number of alkyl halides is 4. The molecule has 0 bridgehead atoms. The first-order chi connectivity index (χ1) is 4.83. The largest absolute Gasteiger partial charge is 0.253 e. The maximum atomic E-state index is 12.3. The Hall–Kier alpha value is -0.280. The Morgan fingerprint density at radius 1 is 1.09 bits per heavy atom. The van der Waals surface area contributed by atoms with Crippen LogP contribution in [0.4, 0.5) is 17.6 Å². The smallest absolute Gasteiger partial charge is 0.207 e. The van der Waals surface area contributed by atoms with Crippen LogP contribution < -0.4 is 0 Å². The molecule has 4 heteroatoms. The molecule has 0 aliphatic carbocycles. The van der Waals surface area contributed by atoms with Crippen molar-refractivity contribution in [3.63, 3.8) is 0 Å². The van der Waals surface area contributed by atoms with Gasteiger partial charge in [-0.05, 0) is 6.92 Å². The summed E-state index contributed by atoms with van der Waals surface area (Å²) >= 11 is 0. The predicted molar refractivity (Wildman–Crippen MR) is 34.8 cm³/mol. The van der Waals surface area contributed by atoms with Crippen LogP contribution in [0, 0.1) is 6.92 Å². The third-order valence-corrected chi connectivity index (χ3v) is 1.40. The highest BCUT2D eigenvalue weighted by Gasteiger charge is 2.40. The lowest BCUT2D eigenvalue weighted by molar-refractivity contribution is -0.110. The van der Waals surface area contributed by atoms with Gasteiger partial charge in [-0.1, -0.05) is 6.92 Å². The first kappa shape index (κ1) is 10.7. The van der Waals surface area contributed by atoms with Crippen molar-refractivity contribution in [2.45, 2.75) is 38.0 Å². The second-order valence-corrected chi connectivity index (χ2v) is 2.49. The summed E-state index contributed by atoms with van der Waals surface area (Å²) in [7, 11) is 0. The van der Waals surface area contributed by atoms with E-state index in [9.17, 15) is 17.6 Å². The number of halogens is 4. The van der Waals surface area contributed by atoms with E-state index >= 15 is 0 Å². The van der Waals surface area contributed by atoms with Gasteiger partial charge in [0.1, 0.15) is 0 Å². The quantitative estimate of drug-likeness (QED) is 0.569. The second kappa shape index (κ2) is 3.41. The number of rotatable bonds is 4. The third-order valence-electron chi connectivity index (χ3n) is 1.40. The fourth-order valence-corrected chi connectivity index (χ4v) is 0.592. The van der Waals surface area contributed by atoms with E-state index < -0.39 is 31.1 Å². The van der Waals surface area contributed by atoms with Gasteiger partial charge in [0.05, 0.1) is 6.42 Å². The minimum Gasteiger partial charge on any atom is -0.207 e. The molecule has 0 aromatic heterocycles. The molecule has 0 fully saturated rings. The summed E-state index contributed by atoms with van der Waals surface area (Å²) in [5.41, 5.74) is 0. The molecule has 1 radical (unpaired) electrons.